The highest BCUT2D eigenvalue weighted by Gasteiger charge is 2.20. The first-order valence-corrected chi connectivity index (χ1v) is 9.78. The Morgan fingerprint density at radius 3 is 1.79 bits per heavy atom. The number of ether oxygens (including phenoxy) is 4. The quantitative estimate of drug-likeness (QED) is 0.335. The molecule has 0 saturated carbocycles. The summed E-state index contributed by atoms with van der Waals surface area (Å²) in [5, 5.41) is 1.02. The Labute approximate surface area is 186 Å². The van der Waals surface area contributed by atoms with Crippen molar-refractivity contribution >= 4 is 51.1 Å². The summed E-state index contributed by atoms with van der Waals surface area (Å²) in [4.78, 5) is 30.6. The van der Waals surface area contributed by atoms with E-state index in [0.717, 1.165) is 0 Å². The Balaban J connectivity index is 0.000000291. The minimum atomic E-state index is -0.495. The molecule has 2 rings (SSSR count). The molecule has 0 fully saturated rings. The molecule has 0 spiro atoms. The van der Waals surface area contributed by atoms with Gasteiger partial charge in [-0.3, -0.25) is 0 Å². The lowest BCUT2D eigenvalue weighted by Crippen LogP contribution is -2.09. The van der Waals surface area contributed by atoms with E-state index in [1.165, 1.54) is 28.4 Å². The number of pyridine rings is 2. The van der Waals surface area contributed by atoms with E-state index in [4.69, 9.17) is 32.7 Å². The zero-order valence-corrected chi connectivity index (χ0v) is 19.4. The molecule has 0 aliphatic heterocycles. The summed E-state index contributed by atoms with van der Waals surface area (Å²) >= 11 is 14.7. The molecule has 8 nitrogen and oxygen atoms in total. The SMILES string of the molecule is COC(=O)c1c(C)cc(Cl)nc1OC.COC(=O)c1c(CBr)cc(Cl)nc1OC. The number of hydrogen-bond acceptors (Lipinski definition) is 8. The van der Waals surface area contributed by atoms with Crippen LogP contribution in [0.4, 0.5) is 0 Å². The number of carbonyl (C=O) groups is 2. The normalized spacial score (nSPS) is 9.79. The average molecular weight is 510 g/mol. The van der Waals surface area contributed by atoms with E-state index in [1.807, 2.05) is 0 Å². The molecule has 0 amide bonds. The summed E-state index contributed by atoms with van der Waals surface area (Å²) in [7, 11) is 5.44. The van der Waals surface area contributed by atoms with Gasteiger partial charge in [0.05, 0.1) is 28.4 Å². The molecular weight excluding hydrogens is 491 g/mol. The fourth-order valence-corrected chi connectivity index (χ4v) is 3.11. The fourth-order valence-electron chi connectivity index (χ4n) is 2.21. The van der Waals surface area contributed by atoms with Gasteiger partial charge < -0.3 is 18.9 Å². The van der Waals surface area contributed by atoms with Gasteiger partial charge in [0.2, 0.25) is 11.8 Å². The van der Waals surface area contributed by atoms with Gasteiger partial charge in [-0.05, 0) is 30.2 Å². The minimum absolute atomic E-state index is 0.170. The Hall–Kier alpha value is -2.10. The molecule has 0 bridgehead atoms. The standard InChI is InChI=1S/C9H9BrClNO3.C9H10ClNO3/c1-14-8-7(9(13)15-2)5(4-10)3-6(11)12-8;1-5-4-6(10)11-8(13-2)7(5)9(12)14-3/h3H,4H2,1-2H3;4H,1-3H3. The van der Waals surface area contributed by atoms with Gasteiger partial charge in [-0.2, -0.15) is 0 Å². The van der Waals surface area contributed by atoms with Gasteiger partial charge >= 0.3 is 11.9 Å². The molecule has 2 heterocycles. The van der Waals surface area contributed by atoms with E-state index in [-0.39, 0.29) is 22.1 Å². The van der Waals surface area contributed by atoms with Crippen molar-refractivity contribution in [3.05, 3.63) is 44.7 Å². The number of nitrogens with zero attached hydrogens (tertiary/aromatic N) is 2. The molecule has 0 aromatic carbocycles. The van der Waals surface area contributed by atoms with Gasteiger partial charge in [0.25, 0.3) is 0 Å². The first-order valence-electron chi connectivity index (χ1n) is 7.91. The van der Waals surface area contributed by atoms with Crippen LogP contribution in [-0.4, -0.2) is 50.3 Å². The number of carbonyl (C=O) groups excluding carboxylic acids is 2. The maximum Gasteiger partial charge on any atom is 0.343 e. The van der Waals surface area contributed by atoms with Crippen molar-refractivity contribution in [1.29, 1.82) is 0 Å². The van der Waals surface area contributed by atoms with Crippen molar-refractivity contribution in [2.75, 3.05) is 28.4 Å². The number of rotatable bonds is 5. The van der Waals surface area contributed by atoms with Crippen LogP contribution in [0.25, 0.3) is 0 Å². The van der Waals surface area contributed by atoms with E-state index in [0.29, 0.717) is 27.6 Å². The summed E-state index contributed by atoms with van der Waals surface area (Å²) in [6.07, 6.45) is 0. The number of hydrogen-bond donors (Lipinski definition) is 0. The highest BCUT2D eigenvalue weighted by atomic mass is 79.9. The number of aryl methyl sites for hydroxylation is 1. The van der Waals surface area contributed by atoms with E-state index < -0.39 is 11.9 Å². The summed E-state index contributed by atoms with van der Waals surface area (Å²) in [6, 6.07) is 3.17. The Bertz CT molecular complexity index is 870. The van der Waals surface area contributed by atoms with Crippen LogP contribution in [0, 0.1) is 6.92 Å². The third kappa shape index (κ3) is 6.45. The maximum atomic E-state index is 11.5. The lowest BCUT2D eigenvalue weighted by atomic mass is 10.1. The number of esters is 2. The molecule has 0 radical (unpaired) electrons. The molecule has 0 aliphatic rings. The molecule has 2 aromatic heterocycles. The summed E-state index contributed by atoms with van der Waals surface area (Å²) in [5.74, 6) is -0.625. The van der Waals surface area contributed by atoms with Crippen molar-refractivity contribution in [2.45, 2.75) is 12.3 Å². The Morgan fingerprint density at radius 1 is 0.897 bits per heavy atom. The van der Waals surface area contributed by atoms with Crippen LogP contribution in [0.2, 0.25) is 10.3 Å². The van der Waals surface area contributed by atoms with Crippen molar-refractivity contribution < 1.29 is 28.5 Å². The number of alkyl halides is 1. The van der Waals surface area contributed by atoms with Gasteiger partial charge in [-0.25, -0.2) is 19.6 Å². The summed E-state index contributed by atoms with van der Waals surface area (Å²) < 4.78 is 19.1. The molecule has 0 atom stereocenters. The molecule has 0 aliphatic carbocycles. The predicted molar refractivity (Wildman–Crippen MR) is 112 cm³/mol. The third-order valence-electron chi connectivity index (χ3n) is 3.50. The largest absolute Gasteiger partial charge is 0.480 e. The first kappa shape index (κ1) is 24.9. The highest BCUT2D eigenvalue weighted by Crippen LogP contribution is 2.26. The number of halogens is 3. The van der Waals surface area contributed by atoms with Gasteiger partial charge in [0.1, 0.15) is 21.4 Å². The lowest BCUT2D eigenvalue weighted by Gasteiger charge is -2.09. The average Bonchev–Trinajstić information content (AvgIpc) is 2.71. The van der Waals surface area contributed by atoms with Crippen molar-refractivity contribution in [1.82, 2.24) is 9.97 Å². The Morgan fingerprint density at radius 2 is 1.34 bits per heavy atom. The second kappa shape index (κ2) is 11.8. The fraction of sp³-hybridized carbons (Fsp3) is 0.333. The summed E-state index contributed by atoms with van der Waals surface area (Å²) in [6.45, 7) is 1.74. The van der Waals surface area contributed by atoms with Gasteiger partial charge in [-0.1, -0.05) is 39.1 Å². The Kier molecular flexibility index (Phi) is 10.1. The van der Waals surface area contributed by atoms with E-state index in [9.17, 15) is 9.59 Å². The molecule has 0 unspecified atom stereocenters. The molecule has 11 heteroatoms. The topological polar surface area (TPSA) is 96.8 Å². The van der Waals surface area contributed by atoms with E-state index in [2.05, 4.69) is 35.4 Å². The molecule has 29 heavy (non-hydrogen) atoms. The molecular formula is C18H19BrCl2N2O6. The van der Waals surface area contributed by atoms with Crippen LogP contribution < -0.4 is 9.47 Å². The van der Waals surface area contributed by atoms with Crippen LogP contribution in [0.5, 0.6) is 11.8 Å². The molecule has 0 N–H and O–H groups in total. The summed E-state index contributed by atoms with van der Waals surface area (Å²) in [5.41, 5.74) is 1.95. The lowest BCUT2D eigenvalue weighted by molar-refractivity contribution is 0.0586. The minimum Gasteiger partial charge on any atom is -0.480 e. The van der Waals surface area contributed by atoms with Crippen LogP contribution in [0.1, 0.15) is 31.8 Å². The van der Waals surface area contributed by atoms with Crippen LogP contribution in [0.15, 0.2) is 12.1 Å². The zero-order valence-electron chi connectivity index (χ0n) is 16.3. The maximum absolute atomic E-state index is 11.5. The second-order valence-corrected chi connectivity index (χ2v) is 6.59. The zero-order chi connectivity index (χ0) is 22.1. The number of methoxy groups -OCH3 is 4. The first-order chi connectivity index (χ1) is 13.7. The van der Waals surface area contributed by atoms with Gasteiger partial charge in [0, 0.05) is 5.33 Å². The smallest absolute Gasteiger partial charge is 0.343 e. The number of aromatic nitrogens is 2. The monoisotopic (exact) mass is 508 g/mol. The van der Waals surface area contributed by atoms with Crippen molar-refractivity contribution in [3.8, 4) is 11.8 Å². The van der Waals surface area contributed by atoms with E-state index >= 15 is 0 Å². The van der Waals surface area contributed by atoms with Crippen LogP contribution in [-0.2, 0) is 14.8 Å². The molecule has 158 valence electrons. The molecule has 2 aromatic rings. The van der Waals surface area contributed by atoms with Crippen LogP contribution in [0.3, 0.4) is 0 Å². The highest BCUT2D eigenvalue weighted by molar-refractivity contribution is 9.08. The van der Waals surface area contributed by atoms with Crippen molar-refractivity contribution in [3.63, 3.8) is 0 Å². The van der Waals surface area contributed by atoms with Crippen LogP contribution >= 0.6 is 39.1 Å². The van der Waals surface area contributed by atoms with E-state index in [1.54, 1.807) is 19.1 Å². The van der Waals surface area contributed by atoms with Gasteiger partial charge in [-0.15, -0.1) is 0 Å². The van der Waals surface area contributed by atoms with Crippen molar-refractivity contribution in [2.24, 2.45) is 0 Å². The predicted octanol–water partition coefficient (Wildman–Crippen LogP) is 4.26. The third-order valence-corrected chi connectivity index (χ3v) is 4.49. The molecule has 0 saturated heterocycles. The van der Waals surface area contributed by atoms with Gasteiger partial charge in [0.15, 0.2) is 0 Å². The second-order valence-electron chi connectivity index (χ2n) is 5.25.